The Morgan fingerprint density at radius 1 is 1.25 bits per heavy atom. The highest BCUT2D eigenvalue weighted by molar-refractivity contribution is 5.66. The first-order chi connectivity index (χ1) is 7.52. The van der Waals surface area contributed by atoms with Gasteiger partial charge < -0.3 is 4.74 Å². The van der Waals surface area contributed by atoms with Gasteiger partial charge in [0, 0.05) is 5.56 Å². The van der Waals surface area contributed by atoms with Crippen LogP contribution in [0.3, 0.4) is 0 Å². The van der Waals surface area contributed by atoms with Gasteiger partial charge in [0.05, 0.1) is 11.6 Å². The SMILES string of the molecule is N#CC1=Cc2ccccc2OC1C(F)(F)F. The number of fused-ring (bicyclic) bond motifs is 1. The molecule has 0 saturated heterocycles. The molecular formula is C11H6F3NO. The first-order valence-electron chi connectivity index (χ1n) is 4.46. The van der Waals surface area contributed by atoms with Crippen molar-refractivity contribution in [1.29, 1.82) is 5.26 Å². The molecule has 0 bridgehead atoms. The summed E-state index contributed by atoms with van der Waals surface area (Å²) in [5.41, 5.74) is 0.0609. The summed E-state index contributed by atoms with van der Waals surface area (Å²) >= 11 is 0. The molecule has 1 aromatic carbocycles. The Kier molecular flexibility index (Phi) is 2.35. The second kappa shape index (κ2) is 3.56. The molecule has 1 aromatic rings. The number of alkyl halides is 3. The number of hydrogen-bond donors (Lipinski definition) is 0. The van der Waals surface area contributed by atoms with Crippen molar-refractivity contribution < 1.29 is 17.9 Å². The average molecular weight is 225 g/mol. The maximum absolute atomic E-state index is 12.6. The third kappa shape index (κ3) is 1.74. The van der Waals surface area contributed by atoms with E-state index >= 15 is 0 Å². The molecule has 0 N–H and O–H groups in total. The number of rotatable bonds is 0. The Morgan fingerprint density at radius 2 is 1.94 bits per heavy atom. The zero-order valence-electron chi connectivity index (χ0n) is 7.95. The quantitative estimate of drug-likeness (QED) is 0.680. The Labute approximate surface area is 89.6 Å². The first-order valence-corrected chi connectivity index (χ1v) is 4.46. The van der Waals surface area contributed by atoms with Crippen LogP contribution in [0.25, 0.3) is 6.08 Å². The monoisotopic (exact) mass is 225 g/mol. The maximum atomic E-state index is 12.6. The fourth-order valence-electron chi connectivity index (χ4n) is 1.47. The third-order valence-corrected chi connectivity index (χ3v) is 2.18. The Morgan fingerprint density at radius 3 is 2.56 bits per heavy atom. The van der Waals surface area contributed by atoms with E-state index in [0.717, 1.165) is 0 Å². The minimum absolute atomic E-state index is 0.142. The molecule has 82 valence electrons. The number of halogens is 3. The second-order valence-corrected chi connectivity index (χ2v) is 3.29. The molecule has 0 amide bonds. The summed E-state index contributed by atoms with van der Waals surface area (Å²) in [5.74, 6) is 0.142. The Bertz CT molecular complexity index is 485. The number of para-hydroxylation sites is 1. The van der Waals surface area contributed by atoms with Crippen LogP contribution in [-0.2, 0) is 0 Å². The van der Waals surface area contributed by atoms with Crippen molar-refractivity contribution in [2.45, 2.75) is 12.3 Å². The third-order valence-electron chi connectivity index (χ3n) is 2.18. The zero-order chi connectivity index (χ0) is 11.8. The van der Waals surface area contributed by atoms with Crippen molar-refractivity contribution in [3.05, 3.63) is 35.4 Å². The predicted molar refractivity (Wildman–Crippen MR) is 50.5 cm³/mol. The van der Waals surface area contributed by atoms with E-state index in [0.29, 0.717) is 5.56 Å². The second-order valence-electron chi connectivity index (χ2n) is 3.29. The van der Waals surface area contributed by atoms with Crippen molar-refractivity contribution in [3.63, 3.8) is 0 Å². The molecule has 2 nitrogen and oxygen atoms in total. The van der Waals surface area contributed by atoms with Gasteiger partial charge in [-0.2, -0.15) is 18.4 Å². The topological polar surface area (TPSA) is 33.0 Å². The van der Waals surface area contributed by atoms with Gasteiger partial charge >= 0.3 is 6.18 Å². The van der Waals surface area contributed by atoms with E-state index in [-0.39, 0.29) is 5.75 Å². The lowest BCUT2D eigenvalue weighted by Crippen LogP contribution is -2.37. The van der Waals surface area contributed by atoms with Gasteiger partial charge in [0.1, 0.15) is 5.75 Å². The van der Waals surface area contributed by atoms with E-state index in [1.807, 2.05) is 0 Å². The fraction of sp³-hybridized carbons (Fsp3) is 0.182. The number of ether oxygens (including phenoxy) is 1. The van der Waals surface area contributed by atoms with E-state index in [9.17, 15) is 13.2 Å². The van der Waals surface area contributed by atoms with Crippen LogP contribution in [0.5, 0.6) is 5.75 Å². The van der Waals surface area contributed by atoms with Crippen LogP contribution in [0.4, 0.5) is 13.2 Å². The normalized spacial score (nSPS) is 19.1. The van der Waals surface area contributed by atoms with Crippen molar-refractivity contribution in [2.24, 2.45) is 0 Å². The molecule has 16 heavy (non-hydrogen) atoms. The molecule has 0 radical (unpaired) electrons. The molecule has 1 unspecified atom stereocenters. The average Bonchev–Trinajstić information content (AvgIpc) is 2.26. The highest BCUT2D eigenvalue weighted by Gasteiger charge is 2.46. The molecule has 1 atom stereocenters. The Hall–Kier alpha value is -1.96. The van der Waals surface area contributed by atoms with Gasteiger partial charge in [-0.1, -0.05) is 18.2 Å². The molecule has 1 aliphatic rings. The maximum Gasteiger partial charge on any atom is 0.430 e. The van der Waals surface area contributed by atoms with Gasteiger partial charge in [0.2, 0.25) is 6.10 Å². The van der Waals surface area contributed by atoms with E-state index in [1.54, 1.807) is 18.2 Å². The van der Waals surface area contributed by atoms with Crippen molar-refractivity contribution in [2.75, 3.05) is 0 Å². The molecule has 5 heteroatoms. The minimum Gasteiger partial charge on any atom is -0.475 e. The molecular weight excluding hydrogens is 219 g/mol. The van der Waals surface area contributed by atoms with E-state index in [1.165, 1.54) is 18.2 Å². The van der Waals surface area contributed by atoms with Gasteiger partial charge in [-0.25, -0.2) is 0 Å². The van der Waals surface area contributed by atoms with Crippen LogP contribution in [-0.4, -0.2) is 12.3 Å². The van der Waals surface area contributed by atoms with Crippen LogP contribution in [0.2, 0.25) is 0 Å². The first kappa shape index (κ1) is 10.6. The standard InChI is InChI=1S/C11H6F3NO/c12-11(13,14)10-8(6-15)5-7-3-1-2-4-9(7)16-10/h1-5,10H. The summed E-state index contributed by atoms with van der Waals surface area (Å²) in [6, 6.07) is 7.81. The number of benzene rings is 1. The van der Waals surface area contributed by atoms with Crippen LogP contribution >= 0.6 is 0 Å². The van der Waals surface area contributed by atoms with Crippen LogP contribution in [0.1, 0.15) is 5.56 Å². The molecule has 0 saturated carbocycles. The smallest absolute Gasteiger partial charge is 0.430 e. The van der Waals surface area contributed by atoms with Gasteiger partial charge in [0.25, 0.3) is 0 Å². The van der Waals surface area contributed by atoms with Crippen LogP contribution in [0.15, 0.2) is 29.8 Å². The van der Waals surface area contributed by atoms with Crippen LogP contribution < -0.4 is 4.74 Å². The highest BCUT2D eigenvalue weighted by atomic mass is 19.4. The largest absolute Gasteiger partial charge is 0.475 e. The molecule has 0 fully saturated rings. The highest BCUT2D eigenvalue weighted by Crippen LogP contribution is 2.36. The summed E-state index contributed by atoms with van der Waals surface area (Å²) in [6.07, 6.45) is -5.53. The lowest BCUT2D eigenvalue weighted by molar-refractivity contribution is -0.182. The summed E-state index contributed by atoms with van der Waals surface area (Å²) < 4.78 is 42.5. The van der Waals surface area contributed by atoms with E-state index < -0.39 is 17.9 Å². The molecule has 0 aliphatic carbocycles. The van der Waals surface area contributed by atoms with Crippen molar-refractivity contribution in [1.82, 2.24) is 0 Å². The van der Waals surface area contributed by atoms with Gasteiger partial charge in [-0.05, 0) is 12.1 Å². The summed E-state index contributed by atoms with van der Waals surface area (Å²) in [6.45, 7) is 0. The molecule has 1 heterocycles. The summed E-state index contributed by atoms with van der Waals surface area (Å²) in [4.78, 5) is 0. The minimum atomic E-state index is -4.57. The molecule has 0 spiro atoms. The van der Waals surface area contributed by atoms with Gasteiger partial charge in [0.15, 0.2) is 0 Å². The molecule has 2 rings (SSSR count). The zero-order valence-corrected chi connectivity index (χ0v) is 7.95. The number of nitriles is 1. The van der Waals surface area contributed by atoms with E-state index in [4.69, 9.17) is 10.00 Å². The van der Waals surface area contributed by atoms with Gasteiger partial charge in [-0.3, -0.25) is 0 Å². The number of nitrogens with zero attached hydrogens (tertiary/aromatic N) is 1. The summed E-state index contributed by atoms with van der Waals surface area (Å²) in [7, 11) is 0. The van der Waals surface area contributed by atoms with E-state index in [2.05, 4.69) is 0 Å². The lowest BCUT2D eigenvalue weighted by Gasteiger charge is -2.25. The fourth-order valence-corrected chi connectivity index (χ4v) is 1.47. The molecule has 0 aromatic heterocycles. The Balaban J connectivity index is 2.48. The van der Waals surface area contributed by atoms with Crippen molar-refractivity contribution in [3.8, 4) is 11.8 Å². The molecule has 1 aliphatic heterocycles. The van der Waals surface area contributed by atoms with Gasteiger partial charge in [-0.15, -0.1) is 0 Å². The number of hydrogen-bond acceptors (Lipinski definition) is 2. The van der Waals surface area contributed by atoms with Crippen LogP contribution in [0, 0.1) is 11.3 Å². The predicted octanol–water partition coefficient (Wildman–Crippen LogP) is 2.92. The van der Waals surface area contributed by atoms with Crippen molar-refractivity contribution >= 4 is 6.08 Å². The summed E-state index contributed by atoms with van der Waals surface area (Å²) in [5, 5.41) is 8.65. The lowest BCUT2D eigenvalue weighted by atomic mass is 10.0.